The molecular weight excluding hydrogens is 224 g/mol. The van der Waals surface area contributed by atoms with Crippen LogP contribution < -0.4 is 5.32 Å². The highest BCUT2D eigenvalue weighted by Crippen LogP contribution is 2.18. The minimum Gasteiger partial charge on any atom is -0.319 e. The van der Waals surface area contributed by atoms with Crippen LogP contribution in [-0.2, 0) is 6.54 Å². The molecule has 4 nitrogen and oxygen atoms in total. The number of aromatic nitrogens is 1. The second kappa shape index (κ2) is 6.48. The Morgan fingerprint density at radius 3 is 3.28 bits per heavy atom. The van der Waals surface area contributed by atoms with Crippen LogP contribution in [0.2, 0.25) is 0 Å². The number of hydrogen-bond donors (Lipinski definition) is 1. The molecule has 0 aromatic carbocycles. The standard InChI is InChI=1S/C14H20N4/c1-16-9-13-3-2-6-18(11-13)10-12-4-5-17-14(7-12)8-15/h4-5,7,13,16H,2-3,6,9-11H2,1H3. The van der Waals surface area contributed by atoms with Crippen LogP contribution in [0.4, 0.5) is 0 Å². The lowest BCUT2D eigenvalue weighted by Gasteiger charge is -2.32. The van der Waals surface area contributed by atoms with Gasteiger partial charge in [0.05, 0.1) is 0 Å². The van der Waals surface area contributed by atoms with Crippen LogP contribution in [0.1, 0.15) is 24.1 Å². The zero-order valence-electron chi connectivity index (χ0n) is 10.9. The van der Waals surface area contributed by atoms with Crippen molar-refractivity contribution >= 4 is 0 Å². The third-order valence-electron chi connectivity index (χ3n) is 3.44. The van der Waals surface area contributed by atoms with E-state index in [2.05, 4.69) is 21.3 Å². The Hall–Kier alpha value is -1.44. The van der Waals surface area contributed by atoms with Crippen LogP contribution in [0.3, 0.4) is 0 Å². The van der Waals surface area contributed by atoms with Crippen molar-refractivity contribution in [2.45, 2.75) is 19.4 Å². The SMILES string of the molecule is CNCC1CCCN(Cc2ccnc(C#N)c2)C1. The monoisotopic (exact) mass is 244 g/mol. The number of pyridine rings is 1. The second-order valence-electron chi connectivity index (χ2n) is 4.96. The maximum atomic E-state index is 8.85. The second-order valence-corrected chi connectivity index (χ2v) is 4.96. The first-order valence-electron chi connectivity index (χ1n) is 6.54. The summed E-state index contributed by atoms with van der Waals surface area (Å²) in [5.41, 5.74) is 1.70. The van der Waals surface area contributed by atoms with Crippen molar-refractivity contribution in [1.29, 1.82) is 5.26 Å². The summed E-state index contributed by atoms with van der Waals surface area (Å²) in [5, 5.41) is 12.1. The van der Waals surface area contributed by atoms with Gasteiger partial charge in [0.1, 0.15) is 11.8 Å². The number of nitrogens with one attached hydrogen (secondary N) is 1. The van der Waals surface area contributed by atoms with E-state index < -0.39 is 0 Å². The first-order valence-corrected chi connectivity index (χ1v) is 6.54. The Labute approximate surface area is 109 Å². The molecule has 0 bridgehead atoms. The van der Waals surface area contributed by atoms with Crippen LogP contribution in [0, 0.1) is 17.2 Å². The van der Waals surface area contributed by atoms with Gasteiger partial charge in [0.25, 0.3) is 0 Å². The average molecular weight is 244 g/mol. The molecule has 96 valence electrons. The van der Waals surface area contributed by atoms with Gasteiger partial charge in [-0.15, -0.1) is 0 Å². The van der Waals surface area contributed by atoms with E-state index in [0.717, 1.165) is 32.1 Å². The molecule has 1 aliphatic heterocycles. The molecule has 2 heterocycles. The zero-order chi connectivity index (χ0) is 12.8. The van der Waals surface area contributed by atoms with Crippen molar-refractivity contribution in [3.63, 3.8) is 0 Å². The van der Waals surface area contributed by atoms with Crippen molar-refractivity contribution < 1.29 is 0 Å². The van der Waals surface area contributed by atoms with E-state index in [1.807, 2.05) is 19.2 Å². The van der Waals surface area contributed by atoms with Gasteiger partial charge in [-0.2, -0.15) is 5.26 Å². The maximum absolute atomic E-state index is 8.85. The molecule has 1 saturated heterocycles. The van der Waals surface area contributed by atoms with Crippen LogP contribution in [0.25, 0.3) is 0 Å². The molecule has 0 spiro atoms. The summed E-state index contributed by atoms with van der Waals surface area (Å²) in [6.07, 6.45) is 4.31. The summed E-state index contributed by atoms with van der Waals surface area (Å²) >= 11 is 0. The van der Waals surface area contributed by atoms with E-state index in [-0.39, 0.29) is 0 Å². The largest absolute Gasteiger partial charge is 0.319 e. The van der Waals surface area contributed by atoms with Crippen LogP contribution in [0.15, 0.2) is 18.3 Å². The molecule has 2 rings (SSSR count). The fourth-order valence-corrected chi connectivity index (χ4v) is 2.64. The highest BCUT2D eigenvalue weighted by molar-refractivity contribution is 5.25. The van der Waals surface area contributed by atoms with Gasteiger partial charge < -0.3 is 5.32 Å². The first-order chi connectivity index (χ1) is 8.81. The van der Waals surface area contributed by atoms with Gasteiger partial charge in [-0.25, -0.2) is 4.98 Å². The normalized spacial score (nSPS) is 20.6. The molecule has 1 unspecified atom stereocenters. The third-order valence-corrected chi connectivity index (χ3v) is 3.44. The van der Waals surface area contributed by atoms with Crippen LogP contribution in [0.5, 0.6) is 0 Å². The Morgan fingerprint density at radius 1 is 1.61 bits per heavy atom. The van der Waals surface area contributed by atoms with Gasteiger partial charge in [-0.05, 0) is 56.6 Å². The van der Waals surface area contributed by atoms with Crippen molar-refractivity contribution in [2.75, 3.05) is 26.7 Å². The molecule has 1 aliphatic rings. The maximum Gasteiger partial charge on any atom is 0.140 e. The lowest BCUT2D eigenvalue weighted by molar-refractivity contribution is 0.167. The Morgan fingerprint density at radius 2 is 2.50 bits per heavy atom. The fraction of sp³-hybridized carbons (Fsp3) is 0.571. The van der Waals surface area contributed by atoms with E-state index in [1.165, 1.54) is 18.4 Å². The number of piperidine rings is 1. The van der Waals surface area contributed by atoms with Gasteiger partial charge in [0, 0.05) is 19.3 Å². The Bertz CT molecular complexity index is 422. The van der Waals surface area contributed by atoms with Crippen molar-refractivity contribution in [2.24, 2.45) is 5.92 Å². The number of likely N-dealkylation sites (tertiary alicyclic amines) is 1. The number of nitrogens with zero attached hydrogens (tertiary/aromatic N) is 3. The van der Waals surface area contributed by atoms with Crippen molar-refractivity contribution in [3.8, 4) is 6.07 Å². The lowest BCUT2D eigenvalue weighted by Crippen LogP contribution is -2.38. The molecule has 1 fully saturated rings. The van der Waals surface area contributed by atoms with E-state index in [9.17, 15) is 0 Å². The molecular formula is C14H20N4. The van der Waals surface area contributed by atoms with Gasteiger partial charge in [-0.3, -0.25) is 4.90 Å². The van der Waals surface area contributed by atoms with E-state index in [0.29, 0.717) is 5.69 Å². The fourth-order valence-electron chi connectivity index (χ4n) is 2.64. The first kappa shape index (κ1) is 13.0. The summed E-state index contributed by atoms with van der Waals surface area (Å²) in [4.78, 5) is 6.48. The van der Waals surface area contributed by atoms with E-state index >= 15 is 0 Å². The predicted octanol–water partition coefficient (Wildman–Crippen LogP) is 1.38. The Balaban J connectivity index is 1.94. The highest BCUT2D eigenvalue weighted by Gasteiger charge is 2.19. The van der Waals surface area contributed by atoms with Crippen molar-refractivity contribution in [3.05, 3.63) is 29.6 Å². The minimum atomic E-state index is 0.510. The molecule has 0 amide bonds. The lowest BCUT2D eigenvalue weighted by atomic mass is 9.97. The van der Waals surface area contributed by atoms with Gasteiger partial charge >= 0.3 is 0 Å². The smallest absolute Gasteiger partial charge is 0.140 e. The molecule has 1 aromatic heterocycles. The molecule has 0 saturated carbocycles. The quantitative estimate of drug-likeness (QED) is 0.869. The molecule has 4 heteroatoms. The molecule has 0 aliphatic carbocycles. The van der Waals surface area contributed by atoms with E-state index in [1.54, 1.807) is 6.20 Å². The predicted molar refractivity (Wildman–Crippen MR) is 70.9 cm³/mol. The average Bonchev–Trinajstić information content (AvgIpc) is 2.40. The molecule has 0 radical (unpaired) electrons. The van der Waals surface area contributed by atoms with Crippen LogP contribution in [-0.4, -0.2) is 36.6 Å². The third kappa shape index (κ3) is 3.52. The highest BCUT2D eigenvalue weighted by atomic mass is 15.1. The number of nitriles is 1. The van der Waals surface area contributed by atoms with Gasteiger partial charge in [0.2, 0.25) is 0 Å². The van der Waals surface area contributed by atoms with Crippen molar-refractivity contribution in [1.82, 2.24) is 15.2 Å². The topological polar surface area (TPSA) is 52.0 Å². The molecule has 18 heavy (non-hydrogen) atoms. The molecule has 1 atom stereocenters. The summed E-state index contributed by atoms with van der Waals surface area (Å²) in [6.45, 7) is 4.32. The number of hydrogen-bond acceptors (Lipinski definition) is 4. The number of rotatable bonds is 4. The van der Waals surface area contributed by atoms with Crippen LogP contribution >= 0.6 is 0 Å². The molecule has 1 N–H and O–H groups in total. The summed E-state index contributed by atoms with van der Waals surface area (Å²) in [6, 6.07) is 5.99. The Kier molecular flexibility index (Phi) is 4.68. The van der Waals surface area contributed by atoms with Gasteiger partial charge in [-0.1, -0.05) is 0 Å². The summed E-state index contributed by atoms with van der Waals surface area (Å²) in [5.74, 6) is 0.751. The van der Waals surface area contributed by atoms with E-state index in [4.69, 9.17) is 5.26 Å². The zero-order valence-corrected chi connectivity index (χ0v) is 10.9. The summed E-state index contributed by atoms with van der Waals surface area (Å²) in [7, 11) is 2.01. The van der Waals surface area contributed by atoms with Gasteiger partial charge in [0.15, 0.2) is 0 Å². The summed E-state index contributed by atoms with van der Waals surface area (Å²) < 4.78 is 0. The molecule has 1 aromatic rings. The minimum absolute atomic E-state index is 0.510.